The quantitative estimate of drug-likeness (QED) is 0.747. The van der Waals surface area contributed by atoms with E-state index in [4.69, 9.17) is 9.47 Å². The molecule has 0 atom stereocenters. The molecule has 0 saturated heterocycles. The second kappa shape index (κ2) is 8.51. The lowest BCUT2D eigenvalue weighted by Gasteiger charge is -2.15. The highest BCUT2D eigenvalue weighted by molar-refractivity contribution is 9.10. The van der Waals surface area contributed by atoms with Crippen LogP contribution in [0.3, 0.4) is 0 Å². The van der Waals surface area contributed by atoms with Gasteiger partial charge in [-0.1, -0.05) is 15.9 Å². The summed E-state index contributed by atoms with van der Waals surface area (Å²) in [5, 5.41) is 3.16. The number of ether oxygens (including phenoxy) is 2. The van der Waals surface area contributed by atoms with Crippen LogP contribution in [0.2, 0.25) is 0 Å². The number of hydrogen-bond acceptors (Lipinski definition) is 3. The second-order valence-electron chi connectivity index (χ2n) is 4.14. The molecule has 0 spiro atoms. The number of nitrogens with one attached hydrogen (secondary N) is 1. The van der Waals surface area contributed by atoms with E-state index in [9.17, 15) is 0 Å². The van der Waals surface area contributed by atoms with Crippen LogP contribution in [0, 0.1) is 6.92 Å². The molecule has 102 valence electrons. The maximum Gasteiger partial charge on any atom is 0.126 e. The third kappa shape index (κ3) is 4.96. The van der Waals surface area contributed by atoms with Gasteiger partial charge in [0.25, 0.3) is 0 Å². The lowest BCUT2D eigenvalue weighted by molar-refractivity contribution is 0.130. The van der Waals surface area contributed by atoms with Crippen molar-refractivity contribution in [3.63, 3.8) is 0 Å². The monoisotopic (exact) mass is 315 g/mol. The van der Waals surface area contributed by atoms with E-state index in [-0.39, 0.29) is 0 Å². The fourth-order valence-electron chi connectivity index (χ4n) is 1.81. The Morgan fingerprint density at radius 3 is 2.72 bits per heavy atom. The Morgan fingerprint density at radius 2 is 2.06 bits per heavy atom. The molecule has 0 amide bonds. The Balaban J connectivity index is 2.62. The Morgan fingerprint density at radius 1 is 1.28 bits per heavy atom. The number of hydrogen-bond donors (Lipinski definition) is 1. The van der Waals surface area contributed by atoms with E-state index in [1.54, 1.807) is 0 Å². The van der Waals surface area contributed by atoms with Crippen molar-refractivity contribution in [1.82, 2.24) is 5.32 Å². The van der Waals surface area contributed by atoms with Crippen LogP contribution in [0.15, 0.2) is 16.6 Å². The number of benzene rings is 1. The summed E-state index contributed by atoms with van der Waals surface area (Å²) in [7, 11) is 1.94. The average Bonchev–Trinajstić information content (AvgIpc) is 2.32. The van der Waals surface area contributed by atoms with Crippen LogP contribution in [0.25, 0.3) is 0 Å². The van der Waals surface area contributed by atoms with Crippen LogP contribution in [0.1, 0.15) is 24.5 Å². The van der Waals surface area contributed by atoms with Crippen LogP contribution in [0.4, 0.5) is 0 Å². The van der Waals surface area contributed by atoms with Gasteiger partial charge in [-0.25, -0.2) is 0 Å². The summed E-state index contributed by atoms with van der Waals surface area (Å²) in [6, 6.07) is 4.18. The molecule has 0 aliphatic carbocycles. The molecule has 0 fully saturated rings. The fraction of sp³-hybridized carbons (Fsp3) is 0.571. The maximum absolute atomic E-state index is 5.88. The second-order valence-corrected chi connectivity index (χ2v) is 5.06. The molecule has 1 N–H and O–H groups in total. The van der Waals surface area contributed by atoms with Crippen LogP contribution in [0.5, 0.6) is 5.75 Å². The average molecular weight is 316 g/mol. The molecule has 4 heteroatoms. The zero-order chi connectivity index (χ0) is 13.4. The lowest BCUT2D eigenvalue weighted by Crippen LogP contribution is -2.10. The minimum Gasteiger partial charge on any atom is -0.493 e. The number of aryl methyl sites for hydroxylation is 1. The molecule has 0 unspecified atom stereocenters. The van der Waals surface area contributed by atoms with Gasteiger partial charge in [-0.3, -0.25) is 0 Å². The predicted molar refractivity (Wildman–Crippen MR) is 78.2 cm³/mol. The van der Waals surface area contributed by atoms with Crippen molar-refractivity contribution in [1.29, 1.82) is 0 Å². The molecule has 1 aromatic carbocycles. The molecule has 0 saturated carbocycles. The largest absolute Gasteiger partial charge is 0.493 e. The van der Waals surface area contributed by atoms with Gasteiger partial charge in [0, 0.05) is 36.2 Å². The van der Waals surface area contributed by atoms with Gasteiger partial charge in [0.2, 0.25) is 0 Å². The first kappa shape index (κ1) is 15.5. The van der Waals surface area contributed by atoms with Gasteiger partial charge >= 0.3 is 0 Å². The van der Waals surface area contributed by atoms with E-state index in [0.29, 0.717) is 6.61 Å². The molecule has 0 aliphatic heterocycles. The molecule has 0 bridgehead atoms. The van der Waals surface area contributed by atoms with Gasteiger partial charge in [0.1, 0.15) is 5.75 Å². The highest BCUT2D eigenvalue weighted by Crippen LogP contribution is 2.28. The Bertz CT molecular complexity index is 369. The van der Waals surface area contributed by atoms with E-state index >= 15 is 0 Å². The summed E-state index contributed by atoms with van der Waals surface area (Å²) in [5.74, 6) is 0.990. The third-order valence-electron chi connectivity index (χ3n) is 2.57. The summed E-state index contributed by atoms with van der Waals surface area (Å²) in [6.07, 6.45) is 0.919. The zero-order valence-corrected chi connectivity index (χ0v) is 13.0. The minimum atomic E-state index is 0.694. The van der Waals surface area contributed by atoms with E-state index < -0.39 is 0 Å². The Kier molecular flexibility index (Phi) is 7.32. The van der Waals surface area contributed by atoms with Crippen molar-refractivity contribution >= 4 is 15.9 Å². The third-order valence-corrected chi connectivity index (χ3v) is 3.02. The minimum absolute atomic E-state index is 0.694. The van der Waals surface area contributed by atoms with Gasteiger partial charge < -0.3 is 14.8 Å². The van der Waals surface area contributed by atoms with Crippen molar-refractivity contribution in [3.05, 3.63) is 27.7 Å². The van der Waals surface area contributed by atoms with Crippen molar-refractivity contribution < 1.29 is 9.47 Å². The summed E-state index contributed by atoms with van der Waals surface area (Å²) in [6.45, 7) is 7.10. The SMILES string of the molecule is CCOCCCOc1c(C)cc(Br)cc1CNC. The van der Waals surface area contributed by atoms with Gasteiger partial charge in [-0.15, -0.1) is 0 Å². The van der Waals surface area contributed by atoms with Gasteiger partial charge in [0.15, 0.2) is 0 Å². The van der Waals surface area contributed by atoms with E-state index in [0.717, 1.165) is 42.0 Å². The Labute approximate surface area is 118 Å². The van der Waals surface area contributed by atoms with Crippen molar-refractivity contribution in [2.45, 2.75) is 26.8 Å². The first-order valence-electron chi connectivity index (χ1n) is 6.33. The van der Waals surface area contributed by atoms with Crippen molar-refractivity contribution in [2.24, 2.45) is 0 Å². The van der Waals surface area contributed by atoms with Crippen molar-refractivity contribution in [2.75, 3.05) is 26.9 Å². The molecule has 18 heavy (non-hydrogen) atoms. The normalized spacial score (nSPS) is 10.7. The topological polar surface area (TPSA) is 30.5 Å². The molecular weight excluding hydrogens is 294 g/mol. The molecule has 1 rings (SSSR count). The van der Waals surface area contributed by atoms with Crippen LogP contribution < -0.4 is 10.1 Å². The molecule has 3 nitrogen and oxygen atoms in total. The first-order chi connectivity index (χ1) is 8.69. The van der Waals surface area contributed by atoms with Gasteiger partial charge in [-0.05, 0) is 38.6 Å². The molecule has 0 heterocycles. The van der Waals surface area contributed by atoms with Crippen LogP contribution in [-0.2, 0) is 11.3 Å². The Hall–Kier alpha value is -0.580. The fourth-order valence-corrected chi connectivity index (χ4v) is 2.43. The summed E-state index contributed by atoms with van der Waals surface area (Å²) < 4.78 is 12.3. The molecular formula is C14H22BrNO2. The van der Waals surface area contributed by atoms with Crippen LogP contribution in [-0.4, -0.2) is 26.9 Å². The summed E-state index contributed by atoms with van der Waals surface area (Å²) in [5.41, 5.74) is 2.34. The lowest BCUT2D eigenvalue weighted by atomic mass is 10.1. The summed E-state index contributed by atoms with van der Waals surface area (Å²) >= 11 is 3.52. The van der Waals surface area contributed by atoms with Gasteiger partial charge in [-0.2, -0.15) is 0 Å². The highest BCUT2D eigenvalue weighted by atomic mass is 79.9. The summed E-state index contributed by atoms with van der Waals surface area (Å²) in [4.78, 5) is 0. The van der Waals surface area contributed by atoms with E-state index in [2.05, 4.69) is 40.3 Å². The molecule has 0 aromatic heterocycles. The smallest absolute Gasteiger partial charge is 0.126 e. The number of rotatable bonds is 8. The predicted octanol–water partition coefficient (Wildman–Crippen LogP) is 3.28. The first-order valence-corrected chi connectivity index (χ1v) is 7.12. The maximum atomic E-state index is 5.88. The standard InChI is InChI=1S/C14H22BrNO2/c1-4-17-6-5-7-18-14-11(2)8-13(15)9-12(14)10-16-3/h8-9,16H,4-7,10H2,1-3H3. The zero-order valence-electron chi connectivity index (χ0n) is 11.4. The molecule has 0 aliphatic rings. The van der Waals surface area contributed by atoms with Crippen LogP contribution >= 0.6 is 15.9 Å². The van der Waals surface area contributed by atoms with Gasteiger partial charge in [0.05, 0.1) is 6.61 Å². The molecule has 0 radical (unpaired) electrons. The van der Waals surface area contributed by atoms with E-state index in [1.165, 1.54) is 5.56 Å². The van der Waals surface area contributed by atoms with Crippen molar-refractivity contribution in [3.8, 4) is 5.75 Å². The molecule has 1 aromatic rings. The van der Waals surface area contributed by atoms with E-state index in [1.807, 2.05) is 14.0 Å². The highest BCUT2D eigenvalue weighted by Gasteiger charge is 2.08. The number of halogens is 1.